The summed E-state index contributed by atoms with van der Waals surface area (Å²) in [5, 5.41) is 6.75. The van der Waals surface area contributed by atoms with Crippen molar-refractivity contribution < 1.29 is 14.3 Å². The van der Waals surface area contributed by atoms with Crippen molar-refractivity contribution in [1.82, 2.24) is 15.5 Å². The average molecular weight is 425 g/mol. The first-order valence-electron chi connectivity index (χ1n) is 10.8. The van der Waals surface area contributed by atoms with Crippen LogP contribution < -0.4 is 20.1 Å². The smallest absolute Gasteiger partial charge is 0.222 e. The number of hydrogen-bond acceptors (Lipinski definition) is 4. The van der Waals surface area contributed by atoms with Gasteiger partial charge in [0, 0.05) is 32.1 Å². The van der Waals surface area contributed by atoms with E-state index in [9.17, 15) is 4.79 Å². The molecule has 1 aliphatic rings. The number of methoxy groups -OCH3 is 1. The zero-order valence-electron chi connectivity index (χ0n) is 18.6. The summed E-state index contributed by atoms with van der Waals surface area (Å²) in [6.07, 6.45) is 1.49. The van der Waals surface area contributed by atoms with Crippen molar-refractivity contribution in [2.45, 2.75) is 39.3 Å². The number of hydrogen-bond donors (Lipinski definition) is 2. The van der Waals surface area contributed by atoms with E-state index < -0.39 is 0 Å². The van der Waals surface area contributed by atoms with Crippen molar-refractivity contribution in [2.75, 3.05) is 26.7 Å². The van der Waals surface area contributed by atoms with Crippen LogP contribution in [0.5, 0.6) is 17.2 Å². The Bertz CT molecular complexity index is 883. The molecule has 0 radical (unpaired) electrons. The standard InChI is InChI=1S/C24H32N4O3/c1-4-23(29)28-15-14-19(17-28)27-24(25-5-2)26-16-18-10-12-20(13-11-18)31-22-9-7-6-8-21(22)30-3/h6-13,19H,4-5,14-17H2,1-3H3,(H2,25,26,27). The molecule has 0 bridgehead atoms. The lowest BCUT2D eigenvalue weighted by Crippen LogP contribution is -2.45. The summed E-state index contributed by atoms with van der Waals surface area (Å²) >= 11 is 0. The number of aliphatic imine (C=N–C) groups is 1. The van der Waals surface area contributed by atoms with Crippen LogP contribution in [0.2, 0.25) is 0 Å². The lowest BCUT2D eigenvalue weighted by molar-refractivity contribution is -0.129. The molecule has 7 nitrogen and oxygen atoms in total. The van der Waals surface area contributed by atoms with Crippen molar-refractivity contribution >= 4 is 11.9 Å². The van der Waals surface area contributed by atoms with Crippen LogP contribution in [0.1, 0.15) is 32.3 Å². The third-order valence-electron chi connectivity index (χ3n) is 5.17. The molecule has 2 aromatic rings. The van der Waals surface area contributed by atoms with E-state index in [4.69, 9.17) is 14.5 Å². The molecule has 1 aliphatic heterocycles. The van der Waals surface area contributed by atoms with Gasteiger partial charge in [0.2, 0.25) is 5.91 Å². The Kier molecular flexibility index (Phi) is 8.15. The number of para-hydroxylation sites is 2. The monoisotopic (exact) mass is 424 g/mol. The first kappa shape index (κ1) is 22.5. The van der Waals surface area contributed by atoms with Gasteiger partial charge in [-0.1, -0.05) is 31.2 Å². The molecule has 31 heavy (non-hydrogen) atoms. The third kappa shape index (κ3) is 6.38. The number of rotatable bonds is 8. The van der Waals surface area contributed by atoms with E-state index in [0.29, 0.717) is 24.5 Å². The summed E-state index contributed by atoms with van der Waals surface area (Å²) in [4.78, 5) is 18.5. The number of nitrogens with one attached hydrogen (secondary N) is 2. The number of ether oxygens (including phenoxy) is 2. The van der Waals surface area contributed by atoms with Crippen LogP contribution in [0.3, 0.4) is 0 Å². The zero-order valence-corrected chi connectivity index (χ0v) is 18.6. The van der Waals surface area contributed by atoms with Crippen LogP contribution in [0.4, 0.5) is 0 Å². The average Bonchev–Trinajstić information content (AvgIpc) is 3.27. The number of carbonyl (C=O) groups excluding carboxylic acids is 1. The number of carbonyl (C=O) groups is 1. The van der Waals surface area contributed by atoms with Gasteiger partial charge in [0.05, 0.1) is 13.7 Å². The number of guanidine groups is 1. The Hall–Kier alpha value is -3.22. The maximum atomic E-state index is 11.9. The molecule has 1 amide bonds. The molecule has 1 saturated heterocycles. The second-order valence-corrected chi connectivity index (χ2v) is 7.42. The van der Waals surface area contributed by atoms with E-state index in [-0.39, 0.29) is 11.9 Å². The van der Waals surface area contributed by atoms with Gasteiger partial charge in [-0.25, -0.2) is 4.99 Å². The lowest BCUT2D eigenvalue weighted by atomic mass is 10.2. The van der Waals surface area contributed by atoms with E-state index >= 15 is 0 Å². The molecular weight excluding hydrogens is 392 g/mol. The van der Waals surface area contributed by atoms with Gasteiger partial charge in [-0.3, -0.25) is 4.79 Å². The minimum Gasteiger partial charge on any atom is -0.493 e. The van der Waals surface area contributed by atoms with Gasteiger partial charge in [-0.15, -0.1) is 0 Å². The van der Waals surface area contributed by atoms with Gasteiger partial charge in [0.15, 0.2) is 17.5 Å². The Morgan fingerprint density at radius 1 is 1.13 bits per heavy atom. The van der Waals surface area contributed by atoms with Crippen LogP contribution in [0.25, 0.3) is 0 Å². The summed E-state index contributed by atoms with van der Waals surface area (Å²) < 4.78 is 11.3. The maximum Gasteiger partial charge on any atom is 0.222 e. The summed E-state index contributed by atoms with van der Waals surface area (Å²) in [6, 6.07) is 15.7. The molecular formula is C24H32N4O3. The topological polar surface area (TPSA) is 75.2 Å². The molecule has 1 unspecified atom stereocenters. The number of nitrogens with zero attached hydrogens (tertiary/aromatic N) is 2. The largest absolute Gasteiger partial charge is 0.493 e. The van der Waals surface area contributed by atoms with Crippen LogP contribution >= 0.6 is 0 Å². The quantitative estimate of drug-likeness (QED) is 0.501. The van der Waals surface area contributed by atoms with Crippen LogP contribution in [0, 0.1) is 0 Å². The molecule has 3 rings (SSSR count). The minimum absolute atomic E-state index is 0.210. The van der Waals surface area contributed by atoms with E-state index in [2.05, 4.69) is 10.6 Å². The van der Waals surface area contributed by atoms with Gasteiger partial charge >= 0.3 is 0 Å². The summed E-state index contributed by atoms with van der Waals surface area (Å²) in [5.41, 5.74) is 1.08. The van der Waals surface area contributed by atoms with Gasteiger partial charge in [0.25, 0.3) is 0 Å². The van der Waals surface area contributed by atoms with Crippen molar-refractivity contribution in [3.63, 3.8) is 0 Å². The highest BCUT2D eigenvalue weighted by Gasteiger charge is 2.25. The van der Waals surface area contributed by atoms with E-state index in [1.165, 1.54) is 0 Å². The first-order valence-corrected chi connectivity index (χ1v) is 10.8. The molecule has 0 spiro atoms. The first-order chi connectivity index (χ1) is 15.1. The molecule has 7 heteroatoms. The predicted octanol–water partition coefficient (Wildman–Crippen LogP) is 3.55. The number of benzene rings is 2. The third-order valence-corrected chi connectivity index (χ3v) is 5.17. The van der Waals surface area contributed by atoms with Crippen molar-refractivity contribution in [3.05, 3.63) is 54.1 Å². The molecule has 0 aromatic heterocycles. The van der Waals surface area contributed by atoms with Crippen molar-refractivity contribution in [1.29, 1.82) is 0 Å². The minimum atomic E-state index is 0.210. The normalized spacial score (nSPS) is 16.2. The number of amides is 1. The number of likely N-dealkylation sites (tertiary alicyclic amines) is 1. The SMILES string of the molecule is CCNC(=NCc1ccc(Oc2ccccc2OC)cc1)NC1CCN(C(=O)CC)C1. The van der Waals surface area contributed by atoms with E-state index in [0.717, 1.165) is 43.3 Å². The second kappa shape index (κ2) is 11.2. The highest BCUT2D eigenvalue weighted by molar-refractivity contribution is 5.80. The Balaban J connectivity index is 1.57. The molecule has 2 aromatic carbocycles. The fourth-order valence-corrected chi connectivity index (χ4v) is 3.50. The Morgan fingerprint density at radius 2 is 1.87 bits per heavy atom. The molecule has 0 aliphatic carbocycles. The highest BCUT2D eigenvalue weighted by Crippen LogP contribution is 2.30. The molecule has 1 fully saturated rings. The highest BCUT2D eigenvalue weighted by atomic mass is 16.5. The van der Waals surface area contributed by atoms with Gasteiger partial charge in [-0.05, 0) is 43.2 Å². The fraction of sp³-hybridized carbons (Fsp3) is 0.417. The lowest BCUT2D eigenvalue weighted by Gasteiger charge is -2.18. The summed E-state index contributed by atoms with van der Waals surface area (Å²) in [6.45, 7) is 6.81. The summed E-state index contributed by atoms with van der Waals surface area (Å²) in [5.74, 6) is 3.11. The van der Waals surface area contributed by atoms with Gasteiger partial charge < -0.3 is 25.0 Å². The molecule has 0 saturated carbocycles. The zero-order chi connectivity index (χ0) is 22.1. The molecule has 166 valence electrons. The van der Waals surface area contributed by atoms with E-state index in [1.54, 1.807) is 7.11 Å². The predicted molar refractivity (Wildman–Crippen MR) is 123 cm³/mol. The molecule has 1 atom stereocenters. The second-order valence-electron chi connectivity index (χ2n) is 7.42. The Morgan fingerprint density at radius 3 is 2.55 bits per heavy atom. The maximum absolute atomic E-state index is 11.9. The van der Waals surface area contributed by atoms with Crippen LogP contribution in [0.15, 0.2) is 53.5 Å². The molecule has 1 heterocycles. The van der Waals surface area contributed by atoms with Gasteiger partial charge in [0.1, 0.15) is 5.75 Å². The van der Waals surface area contributed by atoms with Crippen molar-refractivity contribution in [3.8, 4) is 17.2 Å². The van der Waals surface area contributed by atoms with E-state index in [1.807, 2.05) is 67.3 Å². The van der Waals surface area contributed by atoms with Crippen molar-refractivity contribution in [2.24, 2.45) is 4.99 Å². The fourth-order valence-electron chi connectivity index (χ4n) is 3.50. The summed E-state index contributed by atoms with van der Waals surface area (Å²) in [7, 11) is 1.63. The Labute approximate surface area is 184 Å². The van der Waals surface area contributed by atoms with Gasteiger partial charge in [-0.2, -0.15) is 0 Å². The molecule has 2 N–H and O–H groups in total. The van der Waals surface area contributed by atoms with Crippen LogP contribution in [-0.2, 0) is 11.3 Å². The van der Waals surface area contributed by atoms with Crippen LogP contribution in [-0.4, -0.2) is 49.6 Å².